The minimum absolute atomic E-state index is 0.336. The molecular weight excluding hydrogens is 192 g/mol. The molecule has 1 saturated heterocycles. The van der Waals surface area contributed by atoms with Gasteiger partial charge in [0.2, 0.25) is 0 Å². The summed E-state index contributed by atoms with van der Waals surface area (Å²) in [6.07, 6.45) is 5.00. The van der Waals surface area contributed by atoms with Crippen molar-refractivity contribution in [1.29, 1.82) is 5.26 Å². The fourth-order valence-electron chi connectivity index (χ4n) is 1.56. The first-order valence-electron chi connectivity index (χ1n) is 4.95. The lowest BCUT2D eigenvalue weighted by atomic mass is 10.1. The molecule has 1 aliphatic rings. The second-order valence-electron chi connectivity index (χ2n) is 3.40. The third kappa shape index (κ3) is 2.42. The Hall–Kier alpha value is -1.67. The van der Waals surface area contributed by atoms with Crippen LogP contribution in [0.5, 0.6) is 0 Å². The smallest absolute Gasteiger partial charge is 0.182 e. The normalized spacial score (nSPS) is 17.0. The fraction of sp³-hybridized carbons (Fsp3) is 0.500. The van der Waals surface area contributed by atoms with Crippen LogP contribution in [0.15, 0.2) is 12.4 Å². The molecule has 0 aliphatic carbocycles. The van der Waals surface area contributed by atoms with Gasteiger partial charge in [-0.05, 0) is 12.8 Å². The molecule has 0 aromatic carbocycles. The van der Waals surface area contributed by atoms with Crippen LogP contribution in [0.4, 0.5) is 5.82 Å². The number of rotatable bonds is 2. The number of anilines is 1. The highest BCUT2D eigenvalue weighted by atomic mass is 16.5. The number of ether oxygens (including phenoxy) is 1. The van der Waals surface area contributed by atoms with E-state index in [4.69, 9.17) is 10.00 Å². The second-order valence-corrected chi connectivity index (χ2v) is 3.40. The predicted octanol–water partition coefficient (Wildman–Crippen LogP) is 0.939. The minimum atomic E-state index is 0.336. The first kappa shape index (κ1) is 9.87. The monoisotopic (exact) mass is 204 g/mol. The van der Waals surface area contributed by atoms with Crippen LogP contribution in [0.1, 0.15) is 18.5 Å². The number of nitriles is 1. The maximum atomic E-state index is 8.83. The number of nitrogens with zero attached hydrogens (tertiary/aromatic N) is 3. The Kier molecular flexibility index (Phi) is 3.10. The summed E-state index contributed by atoms with van der Waals surface area (Å²) < 4.78 is 5.25. The topological polar surface area (TPSA) is 70.8 Å². The highest BCUT2D eigenvalue weighted by Gasteiger charge is 2.15. The molecule has 78 valence electrons. The Labute approximate surface area is 88.1 Å². The van der Waals surface area contributed by atoms with E-state index >= 15 is 0 Å². The van der Waals surface area contributed by atoms with Gasteiger partial charge in [-0.25, -0.2) is 9.97 Å². The molecule has 0 unspecified atom stereocenters. The van der Waals surface area contributed by atoms with E-state index in [0.29, 0.717) is 17.6 Å². The van der Waals surface area contributed by atoms with Gasteiger partial charge >= 0.3 is 0 Å². The van der Waals surface area contributed by atoms with Crippen LogP contribution >= 0.6 is 0 Å². The zero-order chi connectivity index (χ0) is 10.5. The Balaban J connectivity index is 2.06. The quantitative estimate of drug-likeness (QED) is 0.776. The van der Waals surface area contributed by atoms with Crippen molar-refractivity contribution in [1.82, 2.24) is 9.97 Å². The van der Waals surface area contributed by atoms with Gasteiger partial charge in [-0.2, -0.15) is 5.26 Å². The largest absolute Gasteiger partial charge is 0.381 e. The van der Waals surface area contributed by atoms with E-state index < -0.39 is 0 Å². The predicted molar refractivity (Wildman–Crippen MR) is 54.2 cm³/mol. The highest BCUT2D eigenvalue weighted by molar-refractivity contribution is 5.47. The van der Waals surface area contributed by atoms with E-state index in [1.807, 2.05) is 6.07 Å². The van der Waals surface area contributed by atoms with Crippen LogP contribution in [0.2, 0.25) is 0 Å². The second kappa shape index (κ2) is 4.71. The van der Waals surface area contributed by atoms with Crippen LogP contribution < -0.4 is 5.32 Å². The molecule has 1 aliphatic heterocycles. The number of aromatic nitrogens is 2. The highest BCUT2D eigenvalue weighted by Crippen LogP contribution is 2.14. The lowest BCUT2D eigenvalue weighted by Crippen LogP contribution is -2.28. The van der Waals surface area contributed by atoms with Crippen molar-refractivity contribution in [3.05, 3.63) is 18.1 Å². The molecule has 0 spiro atoms. The Morgan fingerprint density at radius 3 is 2.80 bits per heavy atom. The summed E-state index contributed by atoms with van der Waals surface area (Å²) in [5.74, 6) is 0.576. The average Bonchev–Trinajstić information content (AvgIpc) is 2.31. The molecule has 0 amide bonds. The van der Waals surface area contributed by atoms with Crippen molar-refractivity contribution in [2.24, 2.45) is 0 Å². The lowest BCUT2D eigenvalue weighted by molar-refractivity contribution is 0.0904. The molecule has 1 aromatic heterocycles. The number of nitrogens with one attached hydrogen (secondary N) is 1. The molecule has 5 nitrogen and oxygen atoms in total. The van der Waals surface area contributed by atoms with E-state index in [1.54, 1.807) is 6.20 Å². The maximum Gasteiger partial charge on any atom is 0.182 e. The van der Waals surface area contributed by atoms with E-state index in [0.717, 1.165) is 26.1 Å². The van der Waals surface area contributed by atoms with Crippen molar-refractivity contribution in [2.75, 3.05) is 18.5 Å². The van der Waals surface area contributed by atoms with Gasteiger partial charge in [-0.1, -0.05) is 0 Å². The third-order valence-corrected chi connectivity index (χ3v) is 2.37. The summed E-state index contributed by atoms with van der Waals surface area (Å²) in [6, 6.07) is 2.35. The molecular formula is C10H12N4O. The van der Waals surface area contributed by atoms with E-state index in [9.17, 15) is 0 Å². The van der Waals surface area contributed by atoms with E-state index in [2.05, 4.69) is 15.3 Å². The van der Waals surface area contributed by atoms with Crippen molar-refractivity contribution >= 4 is 5.82 Å². The van der Waals surface area contributed by atoms with Gasteiger partial charge in [-0.15, -0.1) is 0 Å². The standard InChI is InChI=1S/C10H12N4O/c11-7-9-10(13-4-3-12-9)14-8-1-5-15-6-2-8/h3-4,8H,1-2,5-6H2,(H,13,14). The molecule has 2 heterocycles. The van der Waals surface area contributed by atoms with Crippen LogP contribution in [-0.2, 0) is 4.74 Å². The molecule has 1 fully saturated rings. The molecule has 2 rings (SSSR count). The summed E-state index contributed by atoms with van der Waals surface area (Å²) in [7, 11) is 0. The van der Waals surface area contributed by atoms with Crippen LogP contribution in [0, 0.1) is 11.3 Å². The maximum absolute atomic E-state index is 8.83. The van der Waals surface area contributed by atoms with Gasteiger partial charge in [0, 0.05) is 31.6 Å². The summed E-state index contributed by atoms with van der Waals surface area (Å²) in [5, 5.41) is 12.1. The van der Waals surface area contributed by atoms with Crippen LogP contribution in [0.3, 0.4) is 0 Å². The van der Waals surface area contributed by atoms with E-state index in [1.165, 1.54) is 6.20 Å². The van der Waals surface area contributed by atoms with Gasteiger partial charge in [0.05, 0.1) is 0 Å². The van der Waals surface area contributed by atoms with E-state index in [-0.39, 0.29) is 0 Å². The summed E-state index contributed by atoms with van der Waals surface area (Å²) >= 11 is 0. The summed E-state index contributed by atoms with van der Waals surface area (Å²) in [6.45, 7) is 1.53. The Morgan fingerprint density at radius 1 is 1.33 bits per heavy atom. The fourth-order valence-corrected chi connectivity index (χ4v) is 1.56. The van der Waals surface area contributed by atoms with Gasteiger partial charge in [-0.3, -0.25) is 0 Å². The third-order valence-electron chi connectivity index (χ3n) is 2.37. The minimum Gasteiger partial charge on any atom is -0.381 e. The molecule has 1 N–H and O–H groups in total. The SMILES string of the molecule is N#Cc1nccnc1NC1CCOCC1. The van der Waals surface area contributed by atoms with Crippen LogP contribution in [0.25, 0.3) is 0 Å². The zero-order valence-corrected chi connectivity index (χ0v) is 8.31. The first-order valence-corrected chi connectivity index (χ1v) is 4.95. The van der Waals surface area contributed by atoms with Gasteiger partial charge in [0.15, 0.2) is 11.5 Å². The van der Waals surface area contributed by atoms with Crippen molar-refractivity contribution < 1.29 is 4.74 Å². The molecule has 0 radical (unpaired) electrons. The van der Waals surface area contributed by atoms with Crippen molar-refractivity contribution in [3.8, 4) is 6.07 Å². The molecule has 15 heavy (non-hydrogen) atoms. The number of hydrogen-bond donors (Lipinski definition) is 1. The summed E-state index contributed by atoms with van der Waals surface area (Å²) in [5.41, 5.74) is 0.351. The van der Waals surface area contributed by atoms with Gasteiger partial charge in [0.1, 0.15) is 6.07 Å². The van der Waals surface area contributed by atoms with Crippen molar-refractivity contribution in [2.45, 2.75) is 18.9 Å². The number of hydrogen-bond acceptors (Lipinski definition) is 5. The molecule has 5 heteroatoms. The Morgan fingerprint density at radius 2 is 2.07 bits per heavy atom. The summed E-state index contributed by atoms with van der Waals surface area (Å²) in [4.78, 5) is 8.05. The van der Waals surface area contributed by atoms with Crippen LogP contribution in [-0.4, -0.2) is 29.2 Å². The molecule has 0 saturated carbocycles. The zero-order valence-electron chi connectivity index (χ0n) is 8.31. The van der Waals surface area contributed by atoms with Gasteiger partial charge in [0.25, 0.3) is 0 Å². The van der Waals surface area contributed by atoms with Gasteiger partial charge < -0.3 is 10.1 Å². The molecule has 1 aromatic rings. The Bertz CT molecular complexity index is 368. The average molecular weight is 204 g/mol. The lowest BCUT2D eigenvalue weighted by Gasteiger charge is -2.23. The molecule has 0 atom stereocenters. The van der Waals surface area contributed by atoms with Crippen molar-refractivity contribution in [3.63, 3.8) is 0 Å². The molecule has 0 bridgehead atoms. The first-order chi connectivity index (χ1) is 7.40.